The Morgan fingerprint density at radius 1 is 1.44 bits per heavy atom. The summed E-state index contributed by atoms with van der Waals surface area (Å²) in [4.78, 5) is 0. The Bertz CT molecular complexity index is 401. The average Bonchev–Trinajstić information content (AvgIpc) is 2.25. The maximum absolute atomic E-state index is 10.1. The van der Waals surface area contributed by atoms with E-state index in [0.717, 1.165) is 17.7 Å². The van der Waals surface area contributed by atoms with E-state index in [9.17, 15) is 5.11 Å². The third-order valence-electron chi connectivity index (χ3n) is 3.27. The van der Waals surface area contributed by atoms with Crippen molar-refractivity contribution in [1.82, 2.24) is 0 Å². The molecule has 3 nitrogen and oxygen atoms in total. The number of aryl methyl sites for hydroxylation is 1. The Morgan fingerprint density at radius 3 is 2.75 bits per heavy atom. The number of nitrogens with two attached hydrogens (primary N) is 1. The van der Waals surface area contributed by atoms with E-state index in [1.54, 1.807) is 0 Å². The molecule has 1 aliphatic rings. The molecule has 0 spiro atoms. The van der Waals surface area contributed by atoms with Crippen LogP contribution in [0, 0.1) is 0 Å². The first-order valence-corrected chi connectivity index (χ1v) is 5.71. The van der Waals surface area contributed by atoms with E-state index >= 15 is 0 Å². The van der Waals surface area contributed by atoms with Crippen molar-refractivity contribution in [2.75, 3.05) is 0 Å². The van der Waals surface area contributed by atoms with Gasteiger partial charge in [-0.15, -0.1) is 0 Å². The highest BCUT2D eigenvalue weighted by molar-refractivity contribution is 5.42. The molecule has 0 amide bonds. The molecule has 0 unspecified atom stereocenters. The number of hydrogen-bond acceptors (Lipinski definition) is 3. The fourth-order valence-corrected chi connectivity index (χ4v) is 2.12. The number of hydrogen-bond donors (Lipinski definition) is 2. The second-order valence-corrected chi connectivity index (χ2v) is 4.90. The summed E-state index contributed by atoms with van der Waals surface area (Å²) in [6.45, 7) is 5.81. The highest BCUT2D eigenvalue weighted by atomic mass is 16.5. The first-order valence-electron chi connectivity index (χ1n) is 5.71. The molecule has 0 aromatic heterocycles. The van der Waals surface area contributed by atoms with Crippen molar-refractivity contribution in [3.63, 3.8) is 0 Å². The van der Waals surface area contributed by atoms with Crippen LogP contribution in [0.15, 0.2) is 18.2 Å². The molecule has 0 aliphatic carbocycles. The van der Waals surface area contributed by atoms with Crippen LogP contribution >= 0.6 is 0 Å². The second kappa shape index (κ2) is 3.75. The van der Waals surface area contributed by atoms with Crippen LogP contribution < -0.4 is 10.5 Å². The van der Waals surface area contributed by atoms with Crippen molar-refractivity contribution >= 4 is 0 Å². The van der Waals surface area contributed by atoms with Crippen molar-refractivity contribution < 1.29 is 9.84 Å². The van der Waals surface area contributed by atoms with Gasteiger partial charge in [-0.3, -0.25) is 0 Å². The van der Waals surface area contributed by atoms with Crippen LogP contribution in [0.1, 0.15) is 37.9 Å². The average molecular weight is 221 g/mol. The molecule has 1 aromatic rings. The van der Waals surface area contributed by atoms with Crippen molar-refractivity contribution in [3.8, 4) is 5.75 Å². The molecule has 2 rings (SSSR count). The third kappa shape index (κ3) is 1.70. The summed E-state index contributed by atoms with van der Waals surface area (Å²) in [6.07, 6.45) is 0.284. The topological polar surface area (TPSA) is 55.5 Å². The minimum Gasteiger partial charge on any atom is -0.485 e. The predicted molar refractivity (Wildman–Crippen MR) is 63.5 cm³/mol. The lowest BCUT2D eigenvalue weighted by atomic mass is 9.86. The van der Waals surface area contributed by atoms with E-state index in [0.29, 0.717) is 0 Å². The largest absolute Gasteiger partial charge is 0.485 e. The maximum Gasteiger partial charge on any atom is 0.131 e. The summed E-state index contributed by atoms with van der Waals surface area (Å²) in [5, 5.41) is 10.1. The summed E-state index contributed by atoms with van der Waals surface area (Å²) in [5.74, 6) is 0.792. The zero-order valence-corrected chi connectivity index (χ0v) is 10.0. The number of ether oxygens (including phenoxy) is 1. The van der Waals surface area contributed by atoms with Gasteiger partial charge in [0.2, 0.25) is 0 Å². The van der Waals surface area contributed by atoms with Gasteiger partial charge in [0, 0.05) is 5.56 Å². The van der Waals surface area contributed by atoms with Crippen molar-refractivity contribution in [2.45, 2.75) is 44.9 Å². The van der Waals surface area contributed by atoms with Gasteiger partial charge in [0.25, 0.3) is 0 Å². The van der Waals surface area contributed by atoms with E-state index in [1.165, 1.54) is 5.56 Å². The number of aliphatic hydroxyl groups is 1. The van der Waals surface area contributed by atoms with Gasteiger partial charge in [-0.2, -0.15) is 0 Å². The SMILES string of the molecule is CCc1ccc2c(c1)[C@H](N)[C@@H](O)C(C)(C)O2. The first-order chi connectivity index (χ1) is 7.45. The monoisotopic (exact) mass is 221 g/mol. The smallest absolute Gasteiger partial charge is 0.131 e. The van der Waals surface area contributed by atoms with Gasteiger partial charge >= 0.3 is 0 Å². The van der Waals surface area contributed by atoms with Crippen LogP contribution in [-0.2, 0) is 6.42 Å². The first kappa shape index (κ1) is 11.4. The second-order valence-electron chi connectivity index (χ2n) is 4.90. The molecular formula is C13H19NO2. The molecule has 0 radical (unpaired) electrons. The van der Waals surface area contributed by atoms with E-state index in [2.05, 4.69) is 6.92 Å². The normalized spacial score (nSPS) is 27.1. The standard InChI is InChI=1S/C13H19NO2/c1-4-8-5-6-10-9(7-8)11(14)12(15)13(2,3)16-10/h5-7,11-12,15H,4,14H2,1-3H3/t11-,12+/m0/s1. The quantitative estimate of drug-likeness (QED) is 0.760. The molecule has 0 fully saturated rings. The Balaban J connectivity index is 2.47. The molecule has 0 saturated heterocycles. The maximum atomic E-state index is 10.1. The van der Waals surface area contributed by atoms with Crippen LogP contribution in [0.2, 0.25) is 0 Å². The predicted octanol–water partition coefficient (Wildman–Crippen LogP) is 1.78. The van der Waals surface area contributed by atoms with Crippen LogP contribution in [0.3, 0.4) is 0 Å². The van der Waals surface area contributed by atoms with Crippen molar-refractivity contribution in [3.05, 3.63) is 29.3 Å². The summed E-state index contributed by atoms with van der Waals surface area (Å²) in [5.41, 5.74) is 7.56. The Kier molecular flexibility index (Phi) is 2.68. The van der Waals surface area contributed by atoms with Gasteiger partial charge in [-0.05, 0) is 31.9 Å². The Labute approximate surface area is 96.2 Å². The highest BCUT2D eigenvalue weighted by Gasteiger charge is 2.41. The van der Waals surface area contributed by atoms with Crippen LogP contribution in [0.5, 0.6) is 5.75 Å². The fourth-order valence-electron chi connectivity index (χ4n) is 2.12. The Morgan fingerprint density at radius 2 is 2.12 bits per heavy atom. The number of fused-ring (bicyclic) bond motifs is 1. The number of aliphatic hydroxyl groups excluding tert-OH is 1. The van der Waals surface area contributed by atoms with Gasteiger partial charge in [0.15, 0.2) is 0 Å². The number of rotatable bonds is 1. The zero-order chi connectivity index (χ0) is 11.9. The fraction of sp³-hybridized carbons (Fsp3) is 0.538. The summed E-state index contributed by atoms with van der Waals surface area (Å²) in [7, 11) is 0. The lowest BCUT2D eigenvalue weighted by molar-refractivity contribution is -0.0572. The zero-order valence-electron chi connectivity index (χ0n) is 10.0. The highest BCUT2D eigenvalue weighted by Crippen LogP contribution is 2.38. The van der Waals surface area contributed by atoms with Crippen LogP contribution in [0.4, 0.5) is 0 Å². The molecule has 16 heavy (non-hydrogen) atoms. The molecule has 1 heterocycles. The molecule has 1 aliphatic heterocycles. The molecule has 0 bridgehead atoms. The van der Waals surface area contributed by atoms with Gasteiger partial charge in [0.1, 0.15) is 17.5 Å². The molecular weight excluding hydrogens is 202 g/mol. The minimum absolute atomic E-state index is 0.370. The summed E-state index contributed by atoms with van der Waals surface area (Å²) < 4.78 is 5.77. The van der Waals surface area contributed by atoms with Gasteiger partial charge in [-0.25, -0.2) is 0 Å². The van der Waals surface area contributed by atoms with Gasteiger partial charge in [0.05, 0.1) is 6.04 Å². The van der Waals surface area contributed by atoms with Crippen LogP contribution in [-0.4, -0.2) is 16.8 Å². The van der Waals surface area contributed by atoms with Gasteiger partial charge < -0.3 is 15.6 Å². The molecule has 2 atom stereocenters. The van der Waals surface area contributed by atoms with Gasteiger partial charge in [-0.1, -0.05) is 19.1 Å². The molecule has 0 saturated carbocycles. The lowest BCUT2D eigenvalue weighted by Gasteiger charge is -2.40. The Hall–Kier alpha value is -1.06. The third-order valence-corrected chi connectivity index (χ3v) is 3.27. The number of benzene rings is 1. The minimum atomic E-state index is -0.674. The molecule has 3 N–H and O–H groups in total. The van der Waals surface area contributed by atoms with Crippen molar-refractivity contribution in [1.29, 1.82) is 0 Å². The molecule has 88 valence electrons. The summed E-state index contributed by atoms with van der Waals surface area (Å²) in [6, 6.07) is 5.64. The molecule has 1 aromatic carbocycles. The van der Waals surface area contributed by atoms with E-state index in [4.69, 9.17) is 10.5 Å². The van der Waals surface area contributed by atoms with E-state index < -0.39 is 11.7 Å². The lowest BCUT2D eigenvalue weighted by Crippen LogP contribution is -2.51. The van der Waals surface area contributed by atoms with Crippen LogP contribution in [0.25, 0.3) is 0 Å². The van der Waals surface area contributed by atoms with E-state index in [-0.39, 0.29) is 6.04 Å². The van der Waals surface area contributed by atoms with Crippen molar-refractivity contribution in [2.24, 2.45) is 5.73 Å². The molecule has 3 heteroatoms. The van der Waals surface area contributed by atoms with E-state index in [1.807, 2.05) is 32.0 Å². The summed E-state index contributed by atoms with van der Waals surface area (Å²) >= 11 is 0.